The lowest BCUT2D eigenvalue weighted by molar-refractivity contribution is 0.101. The van der Waals surface area contributed by atoms with Gasteiger partial charge in [0.1, 0.15) is 5.69 Å². The smallest absolute Gasteiger partial charge is 0.272 e. The first-order chi connectivity index (χ1) is 14.6. The number of nitrogens with zero attached hydrogens (tertiary/aromatic N) is 1. The van der Waals surface area contributed by atoms with E-state index in [1.165, 1.54) is 5.56 Å². The van der Waals surface area contributed by atoms with Crippen molar-refractivity contribution < 1.29 is 4.79 Å². The Morgan fingerprint density at radius 1 is 0.867 bits per heavy atom. The summed E-state index contributed by atoms with van der Waals surface area (Å²) in [7, 11) is 0. The number of aromatic nitrogens is 1. The molecule has 152 valence electrons. The number of amides is 1. The first-order valence-corrected chi connectivity index (χ1v) is 10.5. The molecule has 0 radical (unpaired) electrons. The predicted molar refractivity (Wildman–Crippen MR) is 126 cm³/mol. The Kier molecular flexibility index (Phi) is 5.57. The summed E-state index contributed by atoms with van der Waals surface area (Å²) >= 11 is 0. The molecular formula is C26H27N3O. The maximum absolute atomic E-state index is 13.2. The molecule has 4 nitrogen and oxygen atoms in total. The van der Waals surface area contributed by atoms with Gasteiger partial charge in [0.2, 0.25) is 0 Å². The number of benzene rings is 3. The highest BCUT2D eigenvalue weighted by atomic mass is 16.2. The van der Waals surface area contributed by atoms with Crippen LogP contribution in [0.25, 0.3) is 10.9 Å². The van der Waals surface area contributed by atoms with E-state index in [-0.39, 0.29) is 5.91 Å². The molecule has 0 bridgehead atoms. The molecule has 0 fully saturated rings. The van der Waals surface area contributed by atoms with Gasteiger partial charge in [-0.3, -0.25) is 4.79 Å². The van der Waals surface area contributed by atoms with Gasteiger partial charge in [-0.1, -0.05) is 31.2 Å². The molecule has 0 saturated carbocycles. The van der Waals surface area contributed by atoms with Gasteiger partial charge < -0.3 is 15.2 Å². The molecule has 0 aliphatic heterocycles. The average Bonchev–Trinajstić information content (AvgIpc) is 3.07. The highest BCUT2D eigenvalue weighted by Gasteiger charge is 2.20. The molecule has 30 heavy (non-hydrogen) atoms. The van der Waals surface area contributed by atoms with Crippen molar-refractivity contribution in [1.82, 2.24) is 4.57 Å². The third kappa shape index (κ3) is 3.81. The summed E-state index contributed by atoms with van der Waals surface area (Å²) in [4.78, 5) is 13.2. The number of anilines is 3. The van der Waals surface area contributed by atoms with Crippen molar-refractivity contribution in [2.45, 2.75) is 33.7 Å². The highest BCUT2D eigenvalue weighted by molar-refractivity contribution is 6.08. The van der Waals surface area contributed by atoms with Crippen LogP contribution in [0.15, 0.2) is 72.8 Å². The fourth-order valence-corrected chi connectivity index (χ4v) is 3.93. The Balaban J connectivity index is 1.58. The second-order valence-electron chi connectivity index (χ2n) is 7.45. The molecule has 4 heteroatoms. The zero-order chi connectivity index (χ0) is 21.1. The summed E-state index contributed by atoms with van der Waals surface area (Å²) in [6, 6.07) is 24.3. The Bertz CT molecular complexity index is 1170. The molecule has 4 aromatic rings. The van der Waals surface area contributed by atoms with E-state index in [4.69, 9.17) is 0 Å². The van der Waals surface area contributed by atoms with E-state index in [1.54, 1.807) is 0 Å². The molecule has 3 aromatic carbocycles. The molecular weight excluding hydrogens is 370 g/mol. The molecule has 1 amide bonds. The second-order valence-corrected chi connectivity index (χ2v) is 7.45. The van der Waals surface area contributed by atoms with E-state index >= 15 is 0 Å². The number of hydrogen-bond acceptors (Lipinski definition) is 2. The van der Waals surface area contributed by atoms with E-state index in [1.807, 2.05) is 61.5 Å². The van der Waals surface area contributed by atoms with Crippen molar-refractivity contribution in [3.8, 4) is 0 Å². The number of carbonyl (C=O) groups is 1. The lowest BCUT2D eigenvalue weighted by Gasteiger charge is -2.11. The molecule has 0 atom stereocenters. The van der Waals surface area contributed by atoms with Crippen molar-refractivity contribution in [3.05, 3.63) is 89.6 Å². The zero-order valence-electron chi connectivity index (χ0n) is 17.7. The van der Waals surface area contributed by atoms with E-state index in [9.17, 15) is 4.79 Å². The molecule has 0 saturated heterocycles. The van der Waals surface area contributed by atoms with Crippen LogP contribution in [0.2, 0.25) is 0 Å². The summed E-state index contributed by atoms with van der Waals surface area (Å²) < 4.78 is 2.10. The highest BCUT2D eigenvalue weighted by Crippen LogP contribution is 2.28. The van der Waals surface area contributed by atoms with E-state index in [0.29, 0.717) is 0 Å². The van der Waals surface area contributed by atoms with Crippen LogP contribution < -0.4 is 10.6 Å². The second kappa shape index (κ2) is 8.46. The molecule has 0 unspecified atom stereocenters. The number of carbonyl (C=O) groups excluding carboxylic acids is 1. The van der Waals surface area contributed by atoms with Gasteiger partial charge in [-0.2, -0.15) is 0 Å². The van der Waals surface area contributed by atoms with Crippen molar-refractivity contribution in [1.29, 1.82) is 0 Å². The van der Waals surface area contributed by atoms with Gasteiger partial charge in [-0.25, -0.2) is 0 Å². The average molecular weight is 398 g/mol. The summed E-state index contributed by atoms with van der Waals surface area (Å²) in [5.41, 5.74) is 6.94. The first-order valence-electron chi connectivity index (χ1n) is 10.5. The minimum atomic E-state index is -0.0765. The topological polar surface area (TPSA) is 46.1 Å². The Morgan fingerprint density at radius 3 is 2.20 bits per heavy atom. The number of aryl methyl sites for hydroxylation is 3. The lowest BCUT2D eigenvalue weighted by Crippen LogP contribution is -2.17. The van der Waals surface area contributed by atoms with Crippen molar-refractivity contribution in [3.63, 3.8) is 0 Å². The summed E-state index contributed by atoms with van der Waals surface area (Å²) in [6.45, 7) is 7.01. The van der Waals surface area contributed by atoms with Gasteiger partial charge in [0.25, 0.3) is 5.91 Å². The van der Waals surface area contributed by atoms with Crippen LogP contribution in [-0.4, -0.2) is 10.5 Å². The van der Waals surface area contributed by atoms with Crippen LogP contribution in [0.1, 0.15) is 35.5 Å². The van der Waals surface area contributed by atoms with Crippen molar-refractivity contribution in [2.24, 2.45) is 0 Å². The van der Waals surface area contributed by atoms with Crippen LogP contribution in [-0.2, 0) is 13.0 Å². The third-order valence-corrected chi connectivity index (χ3v) is 5.53. The van der Waals surface area contributed by atoms with E-state index in [2.05, 4.69) is 47.2 Å². The van der Waals surface area contributed by atoms with Crippen LogP contribution in [0.4, 0.5) is 17.1 Å². The van der Waals surface area contributed by atoms with Crippen LogP contribution >= 0.6 is 0 Å². The van der Waals surface area contributed by atoms with E-state index in [0.717, 1.165) is 52.2 Å². The maximum Gasteiger partial charge on any atom is 0.272 e. The van der Waals surface area contributed by atoms with E-state index < -0.39 is 0 Å². The SMILES string of the molecule is CCc1ccc2c(c1)c(C)c(C(=O)Nc1ccc(Nc3ccccc3)cc1)n2CC. The van der Waals surface area contributed by atoms with Crippen molar-refractivity contribution >= 4 is 33.9 Å². The summed E-state index contributed by atoms with van der Waals surface area (Å²) in [5, 5.41) is 7.58. The van der Waals surface area contributed by atoms with Crippen molar-refractivity contribution in [2.75, 3.05) is 10.6 Å². The zero-order valence-corrected chi connectivity index (χ0v) is 17.7. The molecule has 0 aliphatic rings. The number of hydrogen-bond donors (Lipinski definition) is 2. The standard InChI is InChI=1S/C26H27N3O/c1-4-19-11-16-24-23(17-19)18(3)25(29(24)5-2)26(30)28-22-14-12-21(13-15-22)27-20-9-7-6-8-10-20/h6-17,27H,4-5H2,1-3H3,(H,28,30). The minimum Gasteiger partial charge on any atom is -0.356 e. The first kappa shape index (κ1) is 19.8. The van der Waals surface area contributed by atoms with Crippen LogP contribution in [0, 0.1) is 6.92 Å². The third-order valence-electron chi connectivity index (χ3n) is 5.53. The van der Waals surface area contributed by atoms with Gasteiger partial charge in [-0.05, 0) is 79.9 Å². The normalized spacial score (nSPS) is 10.9. The van der Waals surface area contributed by atoms with Crippen LogP contribution in [0.3, 0.4) is 0 Å². The summed E-state index contributed by atoms with van der Waals surface area (Å²) in [5.74, 6) is -0.0765. The van der Waals surface area contributed by atoms with Gasteiger partial charge >= 0.3 is 0 Å². The molecule has 1 aromatic heterocycles. The van der Waals surface area contributed by atoms with Gasteiger partial charge in [0.05, 0.1) is 0 Å². The minimum absolute atomic E-state index is 0.0765. The molecule has 0 aliphatic carbocycles. The fraction of sp³-hybridized carbons (Fsp3) is 0.192. The van der Waals surface area contributed by atoms with Gasteiger partial charge in [-0.15, -0.1) is 0 Å². The fourth-order valence-electron chi connectivity index (χ4n) is 3.93. The lowest BCUT2D eigenvalue weighted by atomic mass is 10.1. The number of nitrogens with one attached hydrogen (secondary N) is 2. The Labute approximate surface area is 177 Å². The Morgan fingerprint density at radius 2 is 1.53 bits per heavy atom. The van der Waals surface area contributed by atoms with Gasteiger partial charge in [0, 0.05) is 34.5 Å². The van der Waals surface area contributed by atoms with Gasteiger partial charge in [0.15, 0.2) is 0 Å². The molecule has 0 spiro atoms. The molecule has 1 heterocycles. The Hall–Kier alpha value is -3.53. The quantitative estimate of drug-likeness (QED) is 0.389. The predicted octanol–water partition coefficient (Wildman–Crippen LogP) is 6.53. The number of rotatable bonds is 6. The molecule has 4 rings (SSSR count). The number of para-hydroxylation sites is 1. The number of fused-ring (bicyclic) bond motifs is 1. The monoisotopic (exact) mass is 397 g/mol. The molecule has 2 N–H and O–H groups in total. The van der Waals surface area contributed by atoms with Crippen LogP contribution in [0.5, 0.6) is 0 Å². The largest absolute Gasteiger partial charge is 0.356 e. The summed E-state index contributed by atoms with van der Waals surface area (Å²) in [6.07, 6.45) is 0.984. The maximum atomic E-state index is 13.2.